The second kappa shape index (κ2) is 8.35. The lowest BCUT2D eigenvalue weighted by atomic mass is 9.99. The zero-order chi connectivity index (χ0) is 22.0. The molecule has 8 heteroatoms. The maximum atomic E-state index is 13.4. The van der Waals surface area contributed by atoms with E-state index in [9.17, 15) is 14.7 Å². The summed E-state index contributed by atoms with van der Waals surface area (Å²) in [5.41, 5.74) is 0.826. The Bertz CT molecular complexity index is 1140. The number of ketones is 1. The van der Waals surface area contributed by atoms with Gasteiger partial charge in [0.25, 0.3) is 5.91 Å². The van der Waals surface area contributed by atoms with Crippen LogP contribution in [0.5, 0.6) is 11.5 Å². The number of nitrogens with zero attached hydrogens (tertiary/aromatic N) is 1. The summed E-state index contributed by atoms with van der Waals surface area (Å²) in [5.74, 6) is -1.04. The highest BCUT2D eigenvalue weighted by atomic mass is 16.5. The van der Waals surface area contributed by atoms with E-state index in [0.717, 1.165) is 5.56 Å². The number of rotatable bonds is 6. The molecule has 1 atom stereocenters. The highest BCUT2D eigenvalue weighted by molar-refractivity contribution is 6.46. The molecule has 4 rings (SSSR count). The van der Waals surface area contributed by atoms with Crippen LogP contribution in [0.1, 0.15) is 22.9 Å². The number of hydrogen-bond acceptors (Lipinski definition) is 6. The van der Waals surface area contributed by atoms with Gasteiger partial charge in [0.1, 0.15) is 11.8 Å². The van der Waals surface area contributed by atoms with Gasteiger partial charge in [-0.25, -0.2) is 4.98 Å². The Labute approximate surface area is 178 Å². The smallest absolute Gasteiger partial charge is 0.295 e. The first kappa shape index (κ1) is 20.2. The molecule has 8 nitrogen and oxygen atoms in total. The summed E-state index contributed by atoms with van der Waals surface area (Å²) >= 11 is 0. The van der Waals surface area contributed by atoms with Gasteiger partial charge in [0.2, 0.25) is 5.78 Å². The van der Waals surface area contributed by atoms with Crippen molar-refractivity contribution in [1.29, 1.82) is 0 Å². The normalized spacial score (nSPS) is 17.7. The quantitative estimate of drug-likeness (QED) is 0.340. The fraction of sp³-hybridized carbons (Fsp3) is 0.174. The number of pyridine rings is 1. The van der Waals surface area contributed by atoms with E-state index >= 15 is 0 Å². The van der Waals surface area contributed by atoms with E-state index in [1.54, 1.807) is 36.7 Å². The van der Waals surface area contributed by atoms with Crippen molar-refractivity contribution < 1.29 is 33.6 Å². The average Bonchev–Trinajstić information content (AvgIpc) is 3.41. The molecule has 1 aromatic carbocycles. The predicted molar refractivity (Wildman–Crippen MR) is 106 cm³/mol. The van der Waals surface area contributed by atoms with E-state index in [1.165, 1.54) is 37.5 Å². The summed E-state index contributed by atoms with van der Waals surface area (Å²) in [6.07, 6.45) is 4.91. The van der Waals surface area contributed by atoms with Gasteiger partial charge in [-0.15, -0.1) is 0 Å². The zero-order valence-corrected chi connectivity index (χ0v) is 17.0. The Balaban J connectivity index is 1.83. The molecule has 0 spiro atoms. The number of Topliss-reactive ketones (excluding diaryl/α,β-unsaturated/α-hetero) is 1. The van der Waals surface area contributed by atoms with Crippen molar-refractivity contribution in [3.63, 3.8) is 0 Å². The lowest BCUT2D eigenvalue weighted by Crippen LogP contribution is -2.29. The zero-order valence-electron chi connectivity index (χ0n) is 17.0. The lowest BCUT2D eigenvalue weighted by molar-refractivity contribution is -0.378. The molecule has 0 aliphatic carbocycles. The third kappa shape index (κ3) is 3.63. The van der Waals surface area contributed by atoms with E-state index in [4.69, 9.17) is 13.9 Å². The van der Waals surface area contributed by atoms with Crippen LogP contribution >= 0.6 is 0 Å². The summed E-state index contributed by atoms with van der Waals surface area (Å²) in [4.78, 5) is 30.1. The van der Waals surface area contributed by atoms with Crippen LogP contribution in [0, 0.1) is 0 Å². The molecule has 0 bridgehead atoms. The van der Waals surface area contributed by atoms with Gasteiger partial charge in [-0.3, -0.25) is 9.59 Å². The topological polar surface area (TPSA) is 106 Å². The predicted octanol–water partition coefficient (Wildman–Crippen LogP) is 1.54. The molecule has 3 aromatic rings. The maximum Gasteiger partial charge on any atom is 0.295 e. The van der Waals surface area contributed by atoms with E-state index in [-0.39, 0.29) is 17.7 Å². The molecule has 1 aliphatic heterocycles. The molecule has 1 saturated heterocycles. The van der Waals surface area contributed by atoms with E-state index < -0.39 is 23.5 Å². The van der Waals surface area contributed by atoms with Crippen LogP contribution < -0.4 is 19.6 Å². The summed E-state index contributed by atoms with van der Waals surface area (Å²) in [6.45, 7) is 0.135. The Morgan fingerprint density at radius 3 is 2.58 bits per heavy atom. The molecule has 0 saturated carbocycles. The number of benzene rings is 1. The number of aromatic nitrogens is 1. The Morgan fingerprint density at radius 2 is 1.94 bits per heavy atom. The molecule has 1 aliphatic rings. The minimum atomic E-state index is -0.934. The summed E-state index contributed by atoms with van der Waals surface area (Å²) in [6, 6.07) is 10.6. The highest BCUT2D eigenvalue weighted by Crippen LogP contribution is 2.40. The van der Waals surface area contributed by atoms with Gasteiger partial charge < -0.3 is 23.9 Å². The number of carbonyl (C=O) groups is 2. The van der Waals surface area contributed by atoms with Gasteiger partial charge >= 0.3 is 0 Å². The van der Waals surface area contributed by atoms with Crippen LogP contribution in [0.2, 0.25) is 0 Å². The number of hydrogen-bond donors (Lipinski definition) is 0. The number of amides is 1. The number of methoxy groups -OCH3 is 2. The summed E-state index contributed by atoms with van der Waals surface area (Å²) < 4.78 is 16.0. The number of carbonyl (C=O) groups excluding carboxylic acids is 2. The van der Waals surface area contributed by atoms with Crippen LogP contribution in [-0.2, 0) is 16.1 Å². The molecule has 158 valence electrons. The fourth-order valence-corrected chi connectivity index (χ4v) is 3.63. The molecule has 3 heterocycles. The van der Waals surface area contributed by atoms with Crippen LogP contribution in [0.25, 0.3) is 5.76 Å². The highest BCUT2D eigenvalue weighted by Gasteiger charge is 2.45. The van der Waals surface area contributed by atoms with Crippen LogP contribution in [-0.4, -0.2) is 30.8 Å². The number of nitrogens with one attached hydrogen (secondary N) is 1. The molecule has 0 radical (unpaired) electrons. The van der Waals surface area contributed by atoms with Gasteiger partial charge in [0.05, 0.1) is 27.0 Å². The van der Waals surface area contributed by atoms with E-state index in [1.807, 2.05) is 6.07 Å². The van der Waals surface area contributed by atoms with Crippen molar-refractivity contribution >= 4 is 17.4 Å². The van der Waals surface area contributed by atoms with Crippen LogP contribution in [0.4, 0.5) is 0 Å². The van der Waals surface area contributed by atoms with Gasteiger partial charge in [-0.2, -0.15) is 0 Å². The number of ether oxygens (including phenoxy) is 2. The minimum absolute atomic E-state index is 0.135. The Hall–Kier alpha value is -4.07. The minimum Gasteiger partial charge on any atom is -0.872 e. The van der Waals surface area contributed by atoms with Crippen molar-refractivity contribution in [2.75, 3.05) is 14.2 Å². The van der Waals surface area contributed by atoms with Crippen molar-refractivity contribution in [3.05, 3.63) is 83.6 Å². The van der Waals surface area contributed by atoms with E-state index in [2.05, 4.69) is 4.98 Å². The molecular formula is C23H20N2O6. The number of aromatic amines is 1. The summed E-state index contributed by atoms with van der Waals surface area (Å²) in [5, 5.41) is 13.4. The third-order valence-electron chi connectivity index (χ3n) is 5.11. The molecule has 31 heavy (non-hydrogen) atoms. The Morgan fingerprint density at radius 1 is 1.13 bits per heavy atom. The SMILES string of the molecule is COc1ccc(/C([O-])=C2\C(=O)C(=O)N(Cc3ccc[nH+]c3)C2c2ccco2)cc1OC. The fourth-order valence-electron chi connectivity index (χ4n) is 3.63. The van der Waals surface area contributed by atoms with Crippen LogP contribution in [0.3, 0.4) is 0 Å². The molecule has 1 N–H and O–H groups in total. The third-order valence-corrected chi connectivity index (χ3v) is 5.11. The number of likely N-dealkylation sites (tertiary alicyclic amines) is 1. The largest absolute Gasteiger partial charge is 0.872 e. The maximum absolute atomic E-state index is 13.4. The number of H-pyrrole nitrogens is 1. The van der Waals surface area contributed by atoms with Crippen LogP contribution in [0.15, 0.2) is 71.1 Å². The molecule has 1 unspecified atom stereocenters. The first-order chi connectivity index (χ1) is 15.0. The van der Waals surface area contributed by atoms with Gasteiger partial charge in [0, 0.05) is 17.2 Å². The van der Waals surface area contributed by atoms with Crippen molar-refractivity contribution in [2.45, 2.75) is 12.6 Å². The first-order valence-electron chi connectivity index (χ1n) is 9.52. The number of furan rings is 1. The first-order valence-corrected chi connectivity index (χ1v) is 9.52. The monoisotopic (exact) mass is 420 g/mol. The van der Waals surface area contributed by atoms with Crippen molar-refractivity contribution in [1.82, 2.24) is 4.90 Å². The van der Waals surface area contributed by atoms with E-state index in [0.29, 0.717) is 17.3 Å². The van der Waals surface area contributed by atoms with Gasteiger partial charge in [-0.05, 0) is 35.9 Å². The average molecular weight is 420 g/mol. The molecule has 1 fully saturated rings. The Kier molecular flexibility index (Phi) is 5.44. The van der Waals surface area contributed by atoms with Crippen molar-refractivity contribution in [3.8, 4) is 11.5 Å². The molecule has 1 amide bonds. The van der Waals surface area contributed by atoms with Gasteiger partial charge in [0.15, 0.2) is 23.9 Å². The standard InChI is InChI=1S/C23H20N2O6/c1-29-16-8-7-15(11-18(16)30-2)21(26)19-20(17-6-4-10-31-17)25(23(28)22(19)27)13-14-5-3-9-24-12-14/h3-12,20,26H,13H2,1-2H3/b21-19+. The lowest BCUT2D eigenvalue weighted by Gasteiger charge is -2.25. The molecular weight excluding hydrogens is 400 g/mol. The van der Waals surface area contributed by atoms with Gasteiger partial charge in [-0.1, -0.05) is 11.8 Å². The van der Waals surface area contributed by atoms with Crippen molar-refractivity contribution in [2.24, 2.45) is 0 Å². The second-order valence-electron chi connectivity index (χ2n) is 6.90. The molecule has 2 aromatic heterocycles. The second-order valence-corrected chi connectivity index (χ2v) is 6.90. The summed E-state index contributed by atoms with van der Waals surface area (Å²) in [7, 11) is 2.94.